The van der Waals surface area contributed by atoms with Gasteiger partial charge in [-0.2, -0.15) is 0 Å². The Kier molecular flexibility index (Phi) is 4.75. The van der Waals surface area contributed by atoms with E-state index in [0.29, 0.717) is 18.8 Å². The number of carbonyl (C=O) groups excluding carboxylic acids is 1. The van der Waals surface area contributed by atoms with Crippen LogP contribution in [0.3, 0.4) is 0 Å². The lowest BCUT2D eigenvalue weighted by Gasteiger charge is -2.10. The number of hydrogen-bond acceptors (Lipinski definition) is 5. The molecule has 1 heterocycles. The van der Waals surface area contributed by atoms with Crippen LogP contribution in [0.15, 0.2) is 5.16 Å². The first-order chi connectivity index (χ1) is 7.56. The summed E-state index contributed by atoms with van der Waals surface area (Å²) in [5.74, 6) is 1.26. The average molecular weight is 243 g/mol. The van der Waals surface area contributed by atoms with E-state index in [-0.39, 0.29) is 5.91 Å². The molecule has 0 saturated heterocycles. The Bertz CT molecular complexity index is 363. The quantitative estimate of drug-likeness (QED) is 0.720. The summed E-state index contributed by atoms with van der Waals surface area (Å²) in [6, 6.07) is 0. The molecular weight excluding hydrogens is 226 g/mol. The van der Waals surface area contributed by atoms with Crippen LogP contribution in [0.1, 0.15) is 5.82 Å². The number of thioether (sulfide) groups is 1. The smallest absolute Gasteiger partial charge is 0.232 e. The summed E-state index contributed by atoms with van der Waals surface area (Å²) in [5, 5.41) is 8.73. The van der Waals surface area contributed by atoms with E-state index in [9.17, 15) is 4.79 Å². The first-order valence-electron chi connectivity index (χ1n) is 4.99. The average Bonchev–Trinajstić information content (AvgIpc) is 2.58. The number of aromatic nitrogens is 3. The lowest BCUT2D eigenvalue weighted by Crippen LogP contribution is -2.23. The molecule has 0 aliphatic carbocycles. The van der Waals surface area contributed by atoms with E-state index in [1.165, 1.54) is 11.8 Å². The topological polar surface area (TPSA) is 77.0 Å². The van der Waals surface area contributed by atoms with Crippen LogP contribution in [-0.4, -0.2) is 52.0 Å². The molecular formula is C9H17N5OS. The highest BCUT2D eigenvalue weighted by molar-refractivity contribution is 7.99. The molecule has 0 spiro atoms. The normalized spacial score (nSPS) is 10.5. The molecule has 0 aliphatic heterocycles. The maximum Gasteiger partial charge on any atom is 0.232 e. The van der Waals surface area contributed by atoms with E-state index in [2.05, 4.69) is 10.2 Å². The summed E-state index contributed by atoms with van der Waals surface area (Å²) in [6.07, 6.45) is 0. The van der Waals surface area contributed by atoms with Crippen molar-refractivity contribution >= 4 is 17.7 Å². The first-order valence-corrected chi connectivity index (χ1v) is 5.97. The van der Waals surface area contributed by atoms with Crippen LogP contribution in [0.5, 0.6) is 0 Å². The summed E-state index contributed by atoms with van der Waals surface area (Å²) < 4.78 is 1.92. The number of aryl methyl sites for hydroxylation is 1. The molecule has 90 valence electrons. The molecule has 6 nitrogen and oxygen atoms in total. The Labute approximate surface area is 99.2 Å². The highest BCUT2D eigenvalue weighted by Gasteiger charge is 2.11. The molecule has 2 N–H and O–H groups in total. The maximum atomic E-state index is 11.4. The third-order valence-electron chi connectivity index (χ3n) is 2.08. The maximum absolute atomic E-state index is 11.4. The Morgan fingerprint density at radius 2 is 2.19 bits per heavy atom. The number of carbonyl (C=O) groups is 1. The van der Waals surface area contributed by atoms with Gasteiger partial charge in [0.1, 0.15) is 5.82 Å². The summed E-state index contributed by atoms with van der Waals surface area (Å²) in [5.41, 5.74) is 5.50. The van der Waals surface area contributed by atoms with Gasteiger partial charge in [0.25, 0.3) is 0 Å². The predicted molar refractivity (Wildman–Crippen MR) is 63.2 cm³/mol. The SMILES string of the molecule is Cc1nnc(SCC(=O)N(C)C)n1CCN. The summed E-state index contributed by atoms with van der Waals surface area (Å²) in [6.45, 7) is 3.09. The summed E-state index contributed by atoms with van der Waals surface area (Å²) >= 11 is 1.39. The van der Waals surface area contributed by atoms with Crippen LogP contribution in [-0.2, 0) is 11.3 Å². The molecule has 0 fully saturated rings. The van der Waals surface area contributed by atoms with Crippen LogP contribution in [0.25, 0.3) is 0 Å². The second kappa shape index (κ2) is 5.86. The highest BCUT2D eigenvalue weighted by Crippen LogP contribution is 2.16. The van der Waals surface area contributed by atoms with E-state index in [4.69, 9.17) is 5.73 Å². The van der Waals surface area contributed by atoms with Gasteiger partial charge in [-0.1, -0.05) is 11.8 Å². The van der Waals surface area contributed by atoms with E-state index in [1.807, 2.05) is 11.5 Å². The van der Waals surface area contributed by atoms with Gasteiger partial charge in [-0.3, -0.25) is 4.79 Å². The van der Waals surface area contributed by atoms with Crippen molar-refractivity contribution in [2.24, 2.45) is 5.73 Å². The molecule has 0 radical (unpaired) electrons. The lowest BCUT2D eigenvalue weighted by molar-refractivity contribution is -0.125. The third-order valence-corrected chi connectivity index (χ3v) is 3.03. The minimum absolute atomic E-state index is 0.0601. The standard InChI is InChI=1S/C9H17N5OS/c1-7-11-12-9(14(7)5-4-10)16-6-8(15)13(2)3/h4-6,10H2,1-3H3. The van der Waals surface area contributed by atoms with Gasteiger partial charge in [-0.05, 0) is 6.92 Å². The van der Waals surface area contributed by atoms with Gasteiger partial charge in [-0.15, -0.1) is 10.2 Å². The van der Waals surface area contributed by atoms with Crippen molar-refractivity contribution in [2.75, 3.05) is 26.4 Å². The second-order valence-electron chi connectivity index (χ2n) is 3.55. The molecule has 1 rings (SSSR count). The number of rotatable bonds is 5. The van der Waals surface area contributed by atoms with Gasteiger partial charge in [0.05, 0.1) is 5.75 Å². The van der Waals surface area contributed by atoms with E-state index in [0.717, 1.165) is 11.0 Å². The van der Waals surface area contributed by atoms with Gasteiger partial charge in [0.2, 0.25) is 5.91 Å². The van der Waals surface area contributed by atoms with Crippen LogP contribution in [0.2, 0.25) is 0 Å². The van der Waals surface area contributed by atoms with Crippen molar-refractivity contribution < 1.29 is 4.79 Å². The van der Waals surface area contributed by atoms with Gasteiger partial charge >= 0.3 is 0 Å². The highest BCUT2D eigenvalue weighted by atomic mass is 32.2. The fourth-order valence-electron chi connectivity index (χ4n) is 1.11. The summed E-state index contributed by atoms with van der Waals surface area (Å²) in [4.78, 5) is 13.0. The zero-order valence-corrected chi connectivity index (χ0v) is 10.6. The van der Waals surface area contributed by atoms with Crippen LogP contribution >= 0.6 is 11.8 Å². The number of nitrogens with zero attached hydrogens (tertiary/aromatic N) is 4. The molecule has 0 saturated carbocycles. The van der Waals surface area contributed by atoms with E-state index in [1.54, 1.807) is 19.0 Å². The van der Waals surface area contributed by atoms with Crippen molar-refractivity contribution in [3.63, 3.8) is 0 Å². The molecule has 1 aromatic heterocycles. The minimum Gasteiger partial charge on any atom is -0.348 e. The molecule has 0 atom stereocenters. The summed E-state index contributed by atoms with van der Waals surface area (Å²) in [7, 11) is 3.47. The Hall–Kier alpha value is -1.08. The Balaban J connectivity index is 2.63. The Morgan fingerprint density at radius 3 is 2.75 bits per heavy atom. The zero-order chi connectivity index (χ0) is 12.1. The fourth-order valence-corrected chi connectivity index (χ4v) is 2.10. The van der Waals surface area contributed by atoms with E-state index < -0.39 is 0 Å². The first kappa shape index (κ1) is 13.0. The second-order valence-corrected chi connectivity index (χ2v) is 4.49. The molecule has 0 bridgehead atoms. The predicted octanol–water partition coefficient (Wildman–Crippen LogP) is -0.274. The van der Waals surface area contributed by atoms with Gasteiger partial charge < -0.3 is 15.2 Å². The fraction of sp³-hybridized carbons (Fsp3) is 0.667. The van der Waals surface area contributed by atoms with Crippen LogP contribution in [0.4, 0.5) is 0 Å². The zero-order valence-electron chi connectivity index (χ0n) is 9.80. The monoisotopic (exact) mass is 243 g/mol. The molecule has 1 aromatic rings. The third kappa shape index (κ3) is 3.21. The van der Waals surface area contributed by atoms with Crippen molar-refractivity contribution in [3.8, 4) is 0 Å². The van der Waals surface area contributed by atoms with Crippen molar-refractivity contribution in [3.05, 3.63) is 5.82 Å². The molecule has 0 aromatic carbocycles. The van der Waals surface area contributed by atoms with Gasteiger partial charge in [-0.25, -0.2) is 0 Å². The molecule has 0 aliphatic rings. The van der Waals surface area contributed by atoms with Crippen LogP contribution < -0.4 is 5.73 Å². The van der Waals surface area contributed by atoms with E-state index >= 15 is 0 Å². The molecule has 7 heteroatoms. The Morgan fingerprint density at radius 1 is 1.50 bits per heavy atom. The molecule has 0 unspecified atom stereocenters. The molecule has 16 heavy (non-hydrogen) atoms. The number of amides is 1. The van der Waals surface area contributed by atoms with Gasteiger partial charge in [0, 0.05) is 27.2 Å². The number of hydrogen-bond donors (Lipinski definition) is 1. The van der Waals surface area contributed by atoms with Gasteiger partial charge in [0.15, 0.2) is 5.16 Å². The van der Waals surface area contributed by atoms with Crippen molar-refractivity contribution in [1.29, 1.82) is 0 Å². The van der Waals surface area contributed by atoms with Crippen molar-refractivity contribution in [1.82, 2.24) is 19.7 Å². The van der Waals surface area contributed by atoms with Crippen molar-refractivity contribution in [2.45, 2.75) is 18.6 Å². The molecule has 1 amide bonds. The lowest BCUT2D eigenvalue weighted by atomic mass is 10.6. The number of nitrogens with two attached hydrogens (primary N) is 1. The minimum atomic E-state index is 0.0601. The van der Waals surface area contributed by atoms with Crippen LogP contribution in [0, 0.1) is 6.92 Å². The largest absolute Gasteiger partial charge is 0.348 e.